The van der Waals surface area contributed by atoms with E-state index in [2.05, 4.69) is 6.07 Å². The molecule has 1 aromatic carbocycles. The summed E-state index contributed by atoms with van der Waals surface area (Å²) in [6.07, 6.45) is 4.09. The molecule has 0 radical (unpaired) electrons. The predicted molar refractivity (Wildman–Crippen MR) is 113 cm³/mol. The topological polar surface area (TPSA) is 84.7 Å². The second-order valence-corrected chi connectivity index (χ2v) is 7.98. The highest BCUT2D eigenvalue weighted by Crippen LogP contribution is 2.23. The monoisotopic (exact) mass is 410 g/mol. The molecule has 0 bridgehead atoms. The van der Waals surface area contributed by atoms with Gasteiger partial charge in [-0.2, -0.15) is 5.26 Å². The van der Waals surface area contributed by atoms with Gasteiger partial charge >= 0.3 is 0 Å². The second-order valence-electron chi connectivity index (χ2n) is 7.98. The highest BCUT2D eigenvalue weighted by molar-refractivity contribution is 5.95. The Kier molecular flexibility index (Phi) is 7.83. The number of piperidine rings is 1. The van der Waals surface area contributed by atoms with Gasteiger partial charge in [0.1, 0.15) is 0 Å². The molecule has 0 spiro atoms. The van der Waals surface area contributed by atoms with Crippen molar-refractivity contribution in [3.05, 3.63) is 30.3 Å². The third kappa shape index (κ3) is 5.59. The Morgan fingerprint density at radius 1 is 0.967 bits per heavy atom. The number of carbonyl (C=O) groups is 3. The molecule has 0 saturated carbocycles. The van der Waals surface area contributed by atoms with Gasteiger partial charge in [0, 0.05) is 57.2 Å². The van der Waals surface area contributed by atoms with Crippen LogP contribution < -0.4 is 4.90 Å². The molecule has 3 amide bonds. The smallest absolute Gasteiger partial charge is 0.227 e. The van der Waals surface area contributed by atoms with Gasteiger partial charge in [0.15, 0.2) is 0 Å². The number of hydrogen-bond donors (Lipinski definition) is 0. The fraction of sp³-hybridized carbons (Fsp3) is 0.565. The average molecular weight is 411 g/mol. The Hall–Kier alpha value is -2.88. The van der Waals surface area contributed by atoms with Crippen molar-refractivity contribution in [2.24, 2.45) is 5.92 Å². The Morgan fingerprint density at radius 2 is 1.63 bits per heavy atom. The molecule has 2 aliphatic rings. The molecule has 0 unspecified atom stereocenters. The van der Waals surface area contributed by atoms with Crippen LogP contribution in [0.2, 0.25) is 0 Å². The van der Waals surface area contributed by atoms with Crippen LogP contribution in [0.1, 0.15) is 44.9 Å². The van der Waals surface area contributed by atoms with E-state index in [0.29, 0.717) is 32.5 Å². The van der Waals surface area contributed by atoms with Crippen LogP contribution >= 0.6 is 0 Å². The van der Waals surface area contributed by atoms with Crippen molar-refractivity contribution in [3.63, 3.8) is 0 Å². The lowest BCUT2D eigenvalue weighted by Gasteiger charge is -2.33. The van der Waals surface area contributed by atoms with Crippen LogP contribution in [-0.2, 0) is 14.4 Å². The molecule has 160 valence electrons. The zero-order valence-corrected chi connectivity index (χ0v) is 17.5. The van der Waals surface area contributed by atoms with Gasteiger partial charge in [-0.1, -0.05) is 18.2 Å². The normalized spacial score (nSPS) is 16.9. The van der Waals surface area contributed by atoms with Gasteiger partial charge < -0.3 is 14.7 Å². The highest BCUT2D eigenvalue weighted by Gasteiger charge is 2.31. The fourth-order valence-electron chi connectivity index (χ4n) is 4.25. The molecule has 1 aromatic rings. The number of nitriles is 1. The fourth-order valence-corrected chi connectivity index (χ4v) is 4.25. The molecule has 0 N–H and O–H groups in total. The lowest BCUT2D eigenvalue weighted by atomic mass is 9.95. The maximum atomic E-state index is 12.7. The highest BCUT2D eigenvalue weighted by atomic mass is 16.2. The lowest BCUT2D eigenvalue weighted by molar-refractivity contribution is -0.140. The molecule has 30 heavy (non-hydrogen) atoms. The summed E-state index contributed by atoms with van der Waals surface area (Å²) in [6.45, 7) is 3.20. The maximum Gasteiger partial charge on any atom is 0.227 e. The van der Waals surface area contributed by atoms with Crippen molar-refractivity contribution >= 4 is 23.4 Å². The average Bonchev–Trinajstić information content (AvgIpc) is 3.33. The van der Waals surface area contributed by atoms with Crippen LogP contribution in [0.5, 0.6) is 0 Å². The molecule has 2 fully saturated rings. The van der Waals surface area contributed by atoms with E-state index in [4.69, 9.17) is 5.26 Å². The van der Waals surface area contributed by atoms with Gasteiger partial charge in [0.2, 0.25) is 17.7 Å². The van der Waals surface area contributed by atoms with E-state index in [1.165, 1.54) is 0 Å². The van der Waals surface area contributed by atoms with Crippen LogP contribution in [0.4, 0.5) is 5.69 Å². The van der Waals surface area contributed by atoms with E-state index in [1.807, 2.05) is 35.2 Å². The van der Waals surface area contributed by atoms with Crippen molar-refractivity contribution in [2.45, 2.75) is 44.9 Å². The van der Waals surface area contributed by atoms with Crippen LogP contribution in [0.15, 0.2) is 30.3 Å². The van der Waals surface area contributed by atoms with Crippen LogP contribution in [-0.4, -0.2) is 60.2 Å². The minimum Gasteiger partial charge on any atom is -0.343 e. The summed E-state index contributed by atoms with van der Waals surface area (Å²) in [4.78, 5) is 43.2. The number of likely N-dealkylation sites (tertiary alicyclic amines) is 2. The van der Waals surface area contributed by atoms with Crippen LogP contribution in [0.3, 0.4) is 0 Å². The summed E-state index contributed by atoms with van der Waals surface area (Å²) < 4.78 is 0. The number of carbonyl (C=O) groups excluding carboxylic acids is 3. The first-order valence-corrected chi connectivity index (χ1v) is 10.9. The first-order chi connectivity index (χ1) is 14.6. The Labute approximate surface area is 178 Å². The molecule has 2 heterocycles. The van der Waals surface area contributed by atoms with Gasteiger partial charge in [-0.15, -0.1) is 0 Å². The summed E-state index contributed by atoms with van der Waals surface area (Å²) in [5.41, 5.74) is 0.742. The van der Waals surface area contributed by atoms with E-state index in [-0.39, 0.29) is 42.9 Å². The quantitative estimate of drug-likeness (QED) is 0.691. The minimum absolute atomic E-state index is 0.0216. The molecular weight excluding hydrogens is 380 g/mol. The Bertz CT molecular complexity index is 775. The summed E-state index contributed by atoms with van der Waals surface area (Å²) in [5, 5.41) is 8.89. The van der Waals surface area contributed by atoms with Gasteiger partial charge in [0.25, 0.3) is 0 Å². The van der Waals surface area contributed by atoms with Gasteiger partial charge in [-0.25, -0.2) is 0 Å². The first kappa shape index (κ1) is 21.8. The summed E-state index contributed by atoms with van der Waals surface area (Å²) in [7, 11) is 0. The summed E-state index contributed by atoms with van der Waals surface area (Å²) >= 11 is 0. The molecule has 2 saturated heterocycles. The van der Waals surface area contributed by atoms with Crippen molar-refractivity contribution in [1.29, 1.82) is 5.26 Å². The molecule has 0 aromatic heterocycles. The Morgan fingerprint density at radius 3 is 2.27 bits per heavy atom. The maximum absolute atomic E-state index is 12.7. The molecule has 0 atom stereocenters. The molecule has 7 heteroatoms. The molecule has 7 nitrogen and oxygen atoms in total. The lowest BCUT2D eigenvalue weighted by Crippen LogP contribution is -2.44. The van der Waals surface area contributed by atoms with E-state index < -0.39 is 0 Å². The van der Waals surface area contributed by atoms with Gasteiger partial charge in [0.05, 0.1) is 12.5 Å². The van der Waals surface area contributed by atoms with Crippen LogP contribution in [0.25, 0.3) is 0 Å². The molecular formula is C23H30N4O3. The van der Waals surface area contributed by atoms with Crippen LogP contribution in [0, 0.1) is 17.2 Å². The predicted octanol–water partition coefficient (Wildman–Crippen LogP) is 2.57. The van der Waals surface area contributed by atoms with E-state index in [1.54, 1.807) is 9.80 Å². The van der Waals surface area contributed by atoms with Gasteiger partial charge in [-0.05, 0) is 37.8 Å². The standard InChI is InChI=1S/C23H30N4O3/c24-13-6-16-27(20-7-2-1-3-8-20)22(29)10-9-21(28)25-17-11-19(12-18-25)23(30)26-14-4-5-15-26/h1-3,7-8,19H,4-6,9-12,14-18H2. The first-order valence-electron chi connectivity index (χ1n) is 10.9. The molecule has 0 aliphatic carbocycles. The second kappa shape index (κ2) is 10.8. The number of para-hydroxylation sites is 1. The summed E-state index contributed by atoms with van der Waals surface area (Å²) in [5.74, 6) is 0.0757. The largest absolute Gasteiger partial charge is 0.343 e. The number of benzene rings is 1. The third-order valence-electron chi connectivity index (χ3n) is 5.98. The third-order valence-corrected chi connectivity index (χ3v) is 5.98. The van der Waals surface area contributed by atoms with Crippen molar-refractivity contribution < 1.29 is 14.4 Å². The Balaban J connectivity index is 1.47. The van der Waals surface area contributed by atoms with Crippen molar-refractivity contribution in [3.8, 4) is 6.07 Å². The number of anilines is 1. The molecule has 3 rings (SSSR count). The number of hydrogen-bond acceptors (Lipinski definition) is 4. The number of rotatable bonds is 7. The number of amides is 3. The zero-order chi connectivity index (χ0) is 21.3. The SMILES string of the molecule is N#CCCN(C(=O)CCC(=O)N1CCC(C(=O)N2CCCC2)CC1)c1ccccc1. The van der Waals surface area contributed by atoms with E-state index in [0.717, 1.165) is 31.6 Å². The van der Waals surface area contributed by atoms with E-state index in [9.17, 15) is 14.4 Å². The van der Waals surface area contributed by atoms with Gasteiger partial charge in [-0.3, -0.25) is 14.4 Å². The van der Waals surface area contributed by atoms with E-state index >= 15 is 0 Å². The van der Waals surface area contributed by atoms with Crippen molar-refractivity contribution in [1.82, 2.24) is 9.80 Å². The summed E-state index contributed by atoms with van der Waals surface area (Å²) in [6, 6.07) is 11.3. The number of nitrogens with zero attached hydrogens (tertiary/aromatic N) is 4. The minimum atomic E-state index is -0.149. The molecule has 2 aliphatic heterocycles. The zero-order valence-electron chi connectivity index (χ0n) is 17.5. The van der Waals surface area contributed by atoms with Crippen molar-refractivity contribution in [2.75, 3.05) is 37.6 Å².